The SMILES string of the molecule is Fc1ccc(CCNCc2cccc(Cl)c2)cc1.[Cl-]. The van der Waals surface area contributed by atoms with Gasteiger partial charge in [0.25, 0.3) is 0 Å². The Hall–Kier alpha value is -1.09. The van der Waals surface area contributed by atoms with Crippen LogP contribution in [0.2, 0.25) is 5.02 Å². The van der Waals surface area contributed by atoms with E-state index in [1.807, 2.05) is 36.4 Å². The van der Waals surface area contributed by atoms with Crippen LogP contribution in [0.15, 0.2) is 48.5 Å². The summed E-state index contributed by atoms with van der Waals surface area (Å²) in [5.74, 6) is -0.189. The Balaban J connectivity index is 0.00000180. The van der Waals surface area contributed by atoms with Gasteiger partial charge in [-0.1, -0.05) is 35.9 Å². The Morgan fingerprint density at radius 1 is 1.00 bits per heavy atom. The fourth-order valence-corrected chi connectivity index (χ4v) is 1.98. The molecule has 0 heterocycles. The minimum absolute atomic E-state index is 0. The highest BCUT2D eigenvalue weighted by Gasteiger charge is 1.96. The van der Waals surface area contributed by atoms with E-state index in [0.29, 0.717) is 0 Å². The van der Waals surface area contributed by atoms with Crippen LogP contribution in [0.3, 0.4) is 0 Å². The van der Waals surface area contributed by atoms with Gasteiger partial charge in [0.05, 0.1) is 0 Å². The zero-order valence-electron chi connectivity index (χ0n) is 10.4. The van der Waals surface area contributed by atoms with E-state index >= 15 is 0 Å². The molecule has 4 heteroatoms. The summed E-state index contributed by atoms with van der Waals surface area (Å²) in [6.07, 6.45) is 0.890. The molecule has 0 aliphatic heterocycles. The highest BCUT2D eigenvalue weighted by Crippen LogP contribution is 2.10. The smallest absolute Gasteiger partial charge is 0.123 e. The highest BCUT2D eigenvalue weighted by atomic mass is 35.5. The van der Waals surface area contributed by atoms with Crippen LogP contribution in [0.5, 0.6) is 0 Å². The van der Waals surface area contributed by atoms with Crippen molar-refractivity contribution in [3.05, 3.63) is 70.5 Å². The summed E-state index contributed by atoms with van der Waals surface area (Å²) in [7, 11) is 0. The van der Waals surface area contributed by atoms with Crippen LogP contribution in [0.25, 0.3) is 0 Å². The molecule has 0 bridgehead atoms. The van der Waals surface area contributed by atoms with Gasteiger partial charge in [-0.3, -0.25) is 0 Å². The minimum atomic E-state index is -0.189. The monoisotopic (exact) mass is 298 g/mol. The van der Waals surface area contributed by atoms with Gasteiger partial charge in [0.1, 0.15) is 5.82 Å². The number of hydrogen-bond acceptors (Lipinski definition) is 1. The first kappa shape index (κ1) is 16.0. The Kier molecular flexibility index (Phi) is 6.85. The first-order chi connectivity index (χ1) is 8.74. The molecule has 2 aromatic carbocycles. The molecule has 0 aliphatic rings. The van der Waals surface area contributed by atoms with Crippen molar-refractivity contribution < 1.29 is 16.8 Å². The molecule has 0 spiro atoms. The summed E-state index contributed by atoms with van der Waals surface area (Å²) in [5, 5.41) is 4.10. The van der Waals surface area contributed by atoms with Gasteiger partial charge in [0.2, 0.25) is 0 Å². The number of nitrogens with one attached hydrogen (secondary N) is 1. The molecule has 2 aromatic rings. The fraction of sp³-hybridized carbons (Fsp3) is 0.200. The topological polar surface area (TPSA) is 12.0 Å². The lowest BCUT2D eigenvalue weighted by Crippen LogP contribution is -3.00. The summed E-state index contributed by atoms with van der Waals surface area (Å²) >= 11 is 5.91. The molecule has 0 amide bonds. The van der Waals surface area contributed by atoms with Crippen LogP contribution < -0.4 is 17.7 Å². The van der Waals surface area contributed by atoms with Crippen LogP contribution in [-0.4, -0.2) is 6.54 Å². The molecule has 0 saturated heterocycles. The standard InChI is InChI=1S/C15H15ClFN.ClH/c16-14-3-1-2-13(10-14)11-18-9-8-12-4-6-15(17)7-5-12;/h1-7,10,18H,8-9,11H2;1H/p-1. The zero-order chi connectivity index (χ0) is 12.8. The van der Waals surface area contributed by atoms with E-state index in [0.717, 1.165) is 30.1 Å². The van der Waals surface area contributed by atoms with Gasteiger partial charge < -0.3 is 17.7 Å². The molecule has 1 N–H and O–H groups in total. The van der Waals surface area contributed by atoms with E-state index < -0.39 is 0 Å². The number of hydrogen-bond donors (Lipinski definition) is 1. The number of rotatable bonds is 5. The summed E-state index contributed by atoms with van der Waals surface area (Å²) in [4.78, 5) is 0. The van der Waals surface area contributed by atoms with E-state index in [-0.39, 0.29) is 18.2 Å². The van der Waals surface area contributed by atoms with E-state index in [1.54, 1.807) is 0 Å². The first-order valence-electron chi connectivity index (χ1n) is 5.93. The van der Waals surface area contributed by atoms with Crippen molar-refractivity contribution in [1.29, 1.82) is 0 Å². The zero-order valence-corrected chi connectivity index (χ0v) is 11.9. The highest BCUT2D eigenvalue weighted by molar-refractivity contribution is 6.30. The second kappa shape index (κ2) is 8.16. The average Bonchev–Trinajstić information content (AvgIpc) is 2.37. The molecular formula is C15H15Cl2FN-. The maximum atomic E-state index is 12.7. The second-order valence-electron chi connectivity index (χ2n) is 4.18. The van der Waals surface area contributed by atoms with E-state index in [1.165, 1.54) is 17.7 Å². The van der Waals surface area contributed by atoms with Gasteiger partial charge in [0, 0.05) is 11.6 Å². The lowest BCUT2D eigenvalue weighted by Gasteiger charge is -2.05. The Labute approximate surface area is 124 Å². The largest absolute Gasteiger partial charge is 1.00 e. The van der Waals surface area contributed by atoms with Gasteiger partial charge >= 0.3 is 0 Å². The van der Waals surface area contributed by atoms with E-state index in [4.69, 9.17) is 11.6 Å². The third-order valence-electron chi connectivity index (χ3n) is 2.72. The molecule has 0 aliphatic carbocycles. The number of benzene rings is 2. The van der Waals surface area contributed by atoms with Gasteiger partial charge in [0.15, 0.2) is 0 Å². The van der Waals surface area contributed by atoms with Crippen LogP contribution in [0, 0.1) is 5.82 Å². The molecule has 0 fully saturated rings. The lowest BCUT2D eigenvalue weighted by atomic mass is 10.1. The van der Waals surface area contributed by atoms with Crippen molar-refractivity contribution in [2.45, 2.75) is 13.0 Å². The van der Waals surface area contributed by atoms with Crippen LogP contribution in [0.4, 0.5) is 4.39 Å². The lowest BCUT2D eigenvalue weighted by molar-refractivity contribution is -0.00000420. The number of halogens is 3. The van der Waals surface area contributed by atoms with Crippen LogP contribution in [-0.2, 0) is 13.0 Å². The molecule has 0 aromatic heterocycles. The molecule has 102 valence electrons. The van der Waals surface area contributed by atoms with Crippen LogP contribution in [0.1, 0.15) is 11.1 Å². The average molecular weight is 299 g/mol. The second-order valence-corrected chi connectivity index (χ2v) is 4.62. The normalized spacial score (nSPS) is 10.0. The van der Waals surface area contributed by atoms with Crippen molar-refractivity contribution >= 4 is 11.6 Å². The van der Waals surface area contributed by atoms with Gasteiger partial charge in [-0.2, -0.15) is 0 Å². The summed E-state index contributed by atoms with van der Waals surface area (Å²) < 4.78 is 12.7. The Morgan fingerprint density at radius 2 is 1.74 bits per heavy atom. The predicted octanol–water partition coefficient (Wildman–Crippen LogP) is 0.815. The maximum absolute atomic E-state index is 12.7. The maximum Gasteiger partial charge on any atom is 0.123 e. The molecular weight excluding hydrogens is 284 g/mol. The summed E-state index contributed by atoms with van der Waals surface area (Å²) in [5.41, 5.74) is 2.30. The van der Waals surface area contributed by atoms with Crippen molar-refractivity contribution in [1.82, 2.24) is 5.32 Å². The quantitative estimate of drug-likeness (QED) is 0.806. The van der Waals surface area contributed by atoms with Crippen LogP contribution >= 0.6 is 11.6 Å². The van der Waals surface area contributed by atoms with Crippen molar-refractivity contribution in [3.63, 3.8) is 0 Å². The van der Waals surface area contributed by atoms with E-state index in [9.17, 15) is 4.39 Å². The first-order valence-corrected chi connectivity index (χ1v) is 6.31. The van der Waals surface area contributed by atoms with Crippen molar-refractivity contribution in [3.8, 4) is 0 Å². The molecule has 0 atom stereocenters. The third kappa shape index (κ3) is 5.60. The van der Waals surface area contributed by atoms with Crippen molar-refractivity contribution in [2.24, 2.45) is 0 Å². The van der Waals surface area contributed by atoms with Gasteiger partial charge in [-0.05, 0) is 48.4 Å². The molecule has 0 radical (unpaired) electrons. The fourth-order valence-electron chi connectivity index (χ4n) is 1.76. The van der Waals surface area contributed by atoms with Crippen molar-refractivity contribution in [2.75, 3.05) is 6.54 Å². The Bertz CT molecular complexity index is 500. The van der Waals surface area contributed by atoms with Gasteiger partial charge in [-0.15, -0.1) is 0 Å². The Morgan fingerprint density at radius 3 is 2.42 bits per heavy atom. The van der Waals surface area contributed by atoms with E-state index in [2.05, 4.69) is 5.32 Å². The molecule has 2 rings (SSSR count). The van der Waals surface area contributed by atoms with Gasteiger partial charge in [-0.25, -0.2) is 4.39 Å². The minimum Gasteiger partial charge on any atom is -1.00 e. The predicted molar refractivity (Wildman–Crippen MR) is 73.3 cm³/mol. The summed E-state index contributed by atoms with van der Waals surface area (Å²) in [6, 6.07) is 14.4. The molecule has 0 saturated carbocycles. The molecule has 1 nitrogen and oxygen atoms in total. The third-order valence-corrected chi connectivity index (χ3v) is 2.96. The summed E-state index contributed by atoms with van der Waals surface area (Å²) in [6.45, 7) is 1.65. The molecule has 0 unspecified atom stereocenters. The molecule has 19 heavy (non-hydrogen) atoms.